The van der Waals surface area contributed by atoms with Crippen LogP contribution in [0.3, 0.4) is 0 Å². The maximum atomic E-state index is 12.7. The number of likely N-dealkylation sites (tertiary alicyclic amines) is 1. The molecule has 2 aromatic rings. The van der Waals surface area contributed by atoms with Gasteiger partial charge in [-0.25, -0.2) is 4.79 Å². The molecule has 0 spiro atoms. The van der Waals surface area contributed by atoms with Crippen LogP contribution in [0.15, 0.2) is 48.5 Å². The first kappa shape index (κ1) is 18.7. The minimum Gasteiger partial charge on any atom is -0.487 e. The van der Waals surface area contributed by atoms with E-state index < -0.39 is 5.60 Å². The van der Waals surface area contributed by atoms with Crippen molar-refractivity contribution in [3.8, 4) is 5.75 Å². The van der Waals surface area contributed by atoms with Crippen LogP contribution in [0.2, 0.25) is 0 Å². The summed E-state index contributed by atoms with van der Waals surface area (Å²) in [5, 5.41) is 0. The molecule has 2 aliphatic rings. The van der Waals surface area contributed by atoms with Crippen LogP contribution in [-0.4, -0.2) is 35.7 Å². The zero-order valence-electron chi connectivity index (χ0n) is 16.9. The fourth-order valence-corrected chi connectivity index (χ4v) is 3.98. The Hall–Kier alpha value is -2.69. The first-order valence-electron chi connectivity index (χ1n) is 9.99. The fourth-order valence-electron chi connectivity index (χ4n) is 3.98. The van der Waals surface area contributed by atoms with Gasteiger partial charge in [0.1, 0.15) is 18.0 Å². The number of benzene rings is 2. The Balaban J connectivity index is 1.64. The second kappa shape index (κ2) is 7.38. The van der Waals surface area contributed by atoms with E-state index in [2.05, 4.69) is 29.2 Å². The second-order valence-corrected chi connectivity index (χ2v) is 8.47. The van der Waals surface area contributed by atoms with Gasteiger partial charge in [0.25, 0.3) is 0 Å². The average Bonchev–Trinajstić information content (AvgIpc) is 3.06. The third kappa shape index (κ3) is 3.79. The molecule has 28 heavy (non-hydrogen) atoms. The number of carbonyl (C=O) groups is 1. The van der Waals surface area contributed by atoms with Gasteiger partial charge >= 0.3 is 6.09 Å². The van der Waals surface area contributed by atoms with Crippen molar-refractivity contribution < 1.29 is 14.3 Å². The Morgan fingerprint density at radius 2 is 1.82 bits per heavy atom. The highest BCUT2D eigenvalue weighted by Gasteiger charge is 2.34. The Morgan fingerprint density at radius 3 is 2.61 bits per heavy atom. The number of amides is 1. The van der Waals surface area contributed by atoms with Crippen molar-refractivity contribution in [3.05, 3.63) is 54.1 Å². The Morgan fingerprint density at radius 1 is 1.11 bits per heavy atom. The first-order valence-corrected chi connectivity index (χ1v) is 9.99. The predicted molar refractivity (Wildman–Crippen MR) is 110 cm³/mol. The summed E-state index contributed by atoms with van der Waals surface area (Å²) in [6, 6.07) is 16.6. The van der Waals surface area contributed by atoms with E-state index in [1.54, 1.807) is 0 Å². The molecule has 1 saturated heterocycles. The van der Waals surface area contributed by atoms with Crippen LogP contribution in [0.25, 0.3) is 0 Å². The highest BCUT2D eigenvalue weighted by molar-refractivity contribution is 5.74. The number of hydrogen-bond acceptors (Lipinski definition) is 4. The number of nitrogens with zero attached hydrogens (tertiary/aromatic N) is 2. The zero-order valence-corrected chi connectivity index (χ0v) is 16.9. The van der Waals surface area contributed by atoms with Crippen molar-refractivity contribution in [3.63, 3.8) is 0 Å². The second-order valence-electron chi connectivity index (χ2n) is 8.47. The molecule has 0 aromatic heterocycles. The molecule has 5 heteroatoms. The molecule has 2 heterocycles. The summed E-state index contributed by atoms with van der Waals surface area (Å²) >= 11 is 0. The molecular formula is C23H28N2O3. The van der Waals surface area contributed by atoms with Crippen molar-refractivity contribution in [1.29, 1.82) is 0 Å². The minimum absolute atomic E-state index is 0.106. The standard InChI is InChI=1S/C23H28N2O3/c1-23(2,3)28-22(26)24-14-8-10-18(24)15-25-19-11-5-4-9-17(19)16-27-21-13-7-6-12-20(21)25/h4-7,9,11-13,18H,8,10,14-16H2,1-3H3/t18-/m1/s1. The van der Waals surface area contributed by atoms with E-state index >= 15 is 0 Å². The topological polar surface area (TPSA) is 42.0 Å². The quantitative estimate of drug-likeness (QED) is 0.725. The van der Waals surface area contributed by atoms with Crippen LogP contribution >= 0.6 is 0 Å². The lowest BCUT2D eigenvalue weighted by molar-refractivity contribution is 0.0232. The molecule has 148 valence electrons. The van der Waals surface area contributed by atoms with E-state index in [1.807, 2.05) is 49.9 Å². The third-order valence-corrected chi connectivity index (χ3v) is 5.22. The van der Waals surface area contributed by atoms with Crippen LogP contribution < -0.4 is 9.64 Å². The van der Waals surface area contributed by atoms with Crippen LogP contribution in [0.4, 0.5) is 16.2 Å². The van der Waals surface area contributed by atoms with Crippen molar-refractivity contribution in [2.45, 2.75) is 51.9 Å². The largest absolute Gasteiger partial charge is 0.487 e. The van der Waals surface area contributed by atoms with Gasteiger partial charge in [0.15, 0.2) is 0 Å². The van der Waals surface area contributed by atoms with Gasteiger partial charge in [-0.2, -0.15) is 0 Å². The summed E-state index contributed by atoms with van der Waals surface area (Å²) in [6.45, 7) is 7.74. The number of para-hydroxylation sites is 3. The molecule has 5 nitrogen and oxygen atoms in total. The van der Waals surface area contributed by atoms with E-state index in [-0.39, 0.29) is 12.1 Å². The number of anilines is 2. The highest BCUT2D eigenvalue weighted by atomic mass is 16.6. The molecule has 0 saturated carbocycles. The van der Waals surface area contributed by atoms with Crippen LogP contribution in [0, 0.1) is 0 Å². The number of carbonyl (C=O) groups excluding carboxylic acids is 1. The molecule has 0 aliphatic carbocycles. The van der Waals surface area contributed by atoms with E-state index in [0.717, 1.165) is 48.6 Å². The molecule has 2 aromatic carbocycles. The summed E-state index contributed by atoms with van der Waals surface area (Å²) in [5.41, 5.74) is 2.85. The molecule has 0 bridgehead atoms. The third-order valence-electron chi connectivity index (χ3n) is 5.22. The molecule has 1 atom stereocenters. The summed E-state index contributed by atoms with van der Waals surface area (Å²) in [5.74, 6) is 0.875. The molecule has 2 aliphatic heterocycles. The van der Waals surface area contributed by atoms with Gasteiger partial charge in [-0.15, -0.1) is 0 Å². The molecule has 0 unspecified atom stereocenters. The van der Waals surface area contributed by atoms with Crippen LogP contribution in [0.5, 0.6) is 5.75 Å². The van der Waals surface area contributed by atoms with Gasteiger partial charge in [0.05, 0.1) is 11.7 Å². The van der Waals surface area contributed by atoms with Gasteiger partial charge < -0.3 is 19.3 Å². The molecule has 0 radical (unpaired) electrons. The van der Waals surface area contributed by atoms with Crippen molar-refractivity contribution >= 4 is 17.5 Å². The Bertz CT molecular complexity index is 811. The van der Waals surface area contributed by atoms with Crippen LogP contribution in [-0.2, 0) is 11.3 Å². The van der Waals surface area contributed by atoms with Crippen molar-refractivity contribution in [2.75, 3.05) is 18.0 Å². The van der Waals surface area contributed by atoms with Gasteiger partial charge in [-0.3, -0.25) is 0 Å². The van der Waals surface area contributed by atoms with E-state index in [9.17, 15) is 4.79 Å². The van der Waals surface area contributed by atoms with Gasteiger partial charge in [0.2, 0.25) is 0 Å². The van der Waals surface area contributed by atoms with Crippen molar-refractivity contribution in [1.82, 2.24) is 4.90 Å². The van der Waals surface area contributed by atoms with Crippen LogP contribution in [0.1, 0.15) is 39.2 Å². The molecule has 0 N–H and O–H groups in total. The minimum atomic E-state index is -0.486. The molecular weight excluding hydrogens is 352 g/mol. The number of ether oxygens (including phenoxy) is 2. The number of hydrogen-bond donors (Lipinski definition) is 0. The van der Waals surface area contributed by atoms with Crippen molar-refractivity contribution in [2.24, 2.45) is 0 Å². The van der Waals surface area contributed by atoms with Gasteiger partial charge in [-0.1, -0.05) is 30.3 Å². The lowest BCUT2D eigenvalue weighted by Crippen LogP contribution is -2.44. The summed E-state index contributed by atoms with van der Waals surface area (Å²) < 4.78 is 11.7. The highest BCUT2D eigenvalue weighted by Crippen LogP contribution is 2.40. The van der Waals surface area contributed by atoms with E-state index in [4.69, 9.17) is 9.47 Å². The lowest BCUT2D eigenvalue weighted by atomic mass is 10.1. The summed E-state index contributed by atoms with van der Waals surface area (Å²) in [6.07, 6.45) is 1.75. The fraction of sp³-hybridized carbons (Fsp3) is 0.435. The normalized spacial score (nSPS) is 18.8. The summed E-state index contributed by atoms with van der Waals surface area (Å²) in [7, 11) is 0. The zero-order chi connectivity index (χ0) is 19.7. The molecule has 4 rings (SSSR count). The lowest BCUT2D eigenvalue weighted by Gasteiger charge is -2.33. The molecule has 1 amide bonds. The molecule has 1 fully saturated rings. The number of fused-ring (bicyclic) bond motifs is 2. The van der Waals surface area contributed by atoms with E-state index in [1.165, 1.54) is 0 Å². The predicted octanol–water partition coefficient (Wildman–Crippen LogP) is 5.12. The average molecular weight is 380 g/mol. The smallest absolute Gasteiger partial charge is 0.410 e. The monoisotopic (exact) mass is 380 g/mol. The maximum absolute atomic E-state index is 12.7. The Labute approximate surface area is 166 Å². The SMILES string of the molecule is CC(C)(C)OC(=O)N1CCC[C@@H]1CN1c2ccccc2COc2ccccc21. The Kier molecular flexibility index (Phi) is 4.92. The first-order chi connectivity index (χ1) is 13.4. The van der Waals surface area contributed by atoms with E-state index in [0.29, 0.717) is 6.61 Å². The maximum Gasteiger partial charge on any atom is 0.410 e. The van der Waals surface area contributed by atoms with Gasteiger partial charge in [-0.05, 0) is 51.8 Å². The summed E-state index contributed by atoms with van der Waals surface area (Å²) in [4.78, 5) is 16.9. The van der Waals surface area contributed by atoms with Gasteiger partial charge in [0, 0.05) is 24.3 Å². The number of rotatable bonds is 2.